The Morgan fingerprint density at radius 1 is 0.793 bits per heavy atom. The van der Waals surface area contributed by atoms with E-state index in [0.29, 0.717) is 24.9 Å². The summed E-state index contributed by atoms with van der Waals surface area (Å²) >= 11 is 0. The van der Waals surface area contributed by atoms with Gasteiger partial charge in [0.1, 0.15) is 0 Å². The molecule has 3 rings (SSSR count). The first-order valence-corrected chi connectivity index (χ1v) is 9.91. The van der Waals surface area contributed by atoms with E-state index < -0.39 is 0 Å². The standard InChI is InChI=1S/C25H26N2O2/c1-19(20-14-16-22(17-15-20)21-9-4-2-5-10-21)27-24(28)13-8-18-26-25(29)23-11-6-3-7-12-23/h2-7,9-12,14-17,19H,8,13,18H2,1H3,(H,26,29)(H,27,28). The molecule has 1 atom stereocenters. The first kappa shape index (κ1) is 20.3. The summed E-state index contributed by atoms with van der Waals surface area (Å²) in [6.07, 6.45) is 0.978. The summed E-state index contributed by atoms with van der Waals surface area (Å²) in [7, 11) is 0. The van der Waals surface area contributed by atoms with Crippen molar-refractivity contribution in [1.82, 2.24) is 10.6 Å². The number of rotatable bonds is 8. The van der Waals surface area contributed by atoms with E-state index in [0.717, 1.165) is 11.1 Å². The SMILES string of the molecule is CC(NC(=O)CCCNC(=O)c1ccccc1)c1ccc(-c2ccccc2)cc1. The molecule has 0 aliphatic rings. The zero-order chi connectivity index (χ0) is 20.5. The van der Waals surface area contributed by atoms with Crippen molar-refractivity contribution >= 4 is 11.8 Å². The zero-order valence-corrected chi connectivity index (χ0v) is 16.6. The molecule has 148 valence electrons. The van der Waals surface area contributed by atoms with E-state index >= 15 is 0 Å². The highest BCUT2D eigenvalue weighted by Crippen LogP contribution is 2.21. The summed E-state index contributed by atoms with van der Waals surface area (Å²) in [5.74, 6) is -0.128. The first-order valence-electron chi connectivity index (χ1n) is 9.91. The summed E-state index contributed by atoms with van der Waals surface area (Å²) in [6, 6.07) is 27.5. The van der Waals surface area contributed by atoms with Gasteiger partial charge in [0.2, 0.25) is 5.91 Å². The molecule has 0 aliphatic carbocycles. The van der Waals surface area contributed by atoms with Crippen molar-refractivity contribution in [2.45, 2.75) is 25.8 Å². The Balaban J connectivity index is 1.41. The molecule has 0 spiro atoms. The lowest BCUT2D eigenvalue weighted by Crippen LogP contribution is -2.29. The number of nitrogens with one attached hydrogen (secondary N) is 2. The van der Waals surface area contributed by atoms with Crippen LogP contribution in [0.1, 0.15) is 41.7 Å². The van der Waals surface area contributed by atoms with Crippen LogP contribution in [0, 0.1) is 0 Å². The van der Waals surface area contributed by atoms with E-state index in [9.17, 15) is 9.59 Å². The number of carbonyl (C=O) groups excluding carboxylic acids is 2. The molecular formula is C25H26N2O2. The molecule has 0 aliphatic heterocycles. The van der Waals surface area contributed by atoms with Crippen LogP contribution < -0.4 is 10.6 Å². The molecule has 29 heavy (non-hydrogen) atoms. The van der Waals surface area contributed by atoms with Gasteiger partial charge >= 0.3 is 0 Å². The van der Waals surface area contributed by atoms with Crippen molar-refractivity contribution in [3.63, 3.8) is 0 Å². The molecule has 3 aromatic carbocycles. The number of carbonyl (C=O) groups is 2. The van der Waals surface area contributed by atoms with Gasteiger partial charge in [0.15, 0.2) is 0 Å². The fraction of sp³-hybridized carbons (Fsp3) is 0.200. The van der Waals surface area contributed by atoms with E-state index in [1.807, 2.05) is 55.5 Å². The predicted octanol–water partition coefficient (Wildman–Crippen LogP) is 4.74. The molecule has 0 saturated carbocycles. The summed E-state index contributed by atoms with van der Waals surface area (Å²) < 4.78 is 0. The van der Waals surface area contributed by atoms with Gasteiger partial charge in [-0.1, -0.05) is 72.8 Å². The first-order chi connectivity index (χ1) is 14.1. The van der Waals surface area contributed by atoms with Crippen molar-refractivity contribution in [3.05, 3.63) is 96.1 Å². The Hall–Kier alpha value is -3.40. The van der Waals surface area contributed by atoms with Crippen LogP contribution in [-0.2, 0) is 4.79 Å². The Morgan fingerprint density at radius 2 is 1.38 bits per heavy atom. The number of hydrogen-bond donors (Lipinski definition) is 2. The Labute approximate surface area is 172 Å². The molecular weight excluding hydrogens is 360 g/mol. The highest BCUT2D eigenvalue weighted by atomic mass is 16.2. The average Bonchev–Trinajstić information content (AvgIpc) is 2.78. The third-order valence-electron chi connectivity index (χ3n) is 4.80. The molecule has 0 bridgehead atoms. The maximum atomic E-state index is 12.2. The van der Waals surface area contributed by atoms with E-state index in [2.05, 4.69) is 34.9 Å². The number of benzene rings is 3. The second-order valence-corrected chi connectivity index (χ2v) is 7.00. The normalized spacial score (nSPS) is 11.5. The predicted molar refractivity (Wildman–Crippen MR) is 116 cm³/mol. The Kier molecular flexibility index (Phi) is 7.17. The van der Waals surface area contributed by atoms with E-state index in [-0.39, 0.29) is 17.9 Å². The molecule has 0 fully saturated rings. The van der Waals surface area contributed by atoms with E-state index in [1.165, 1.54) is 5.56 Å². The van der Waals surface area contributed by atoms with Crippen LogP contribution >= 0.6 is 0 Å². The van der Waals surface area contributed by atoms with Gasteiger partial charge in [-0.3, -0.25) is 9.59 Å². The topological polar surface area (TPSA) is 58.2 Å². The molecule has 4 nitrogen and oxygen atoms in total. The monoisotopic (exact) mass is 386 g/mol. The lowest BCUT2D eigenvalue weighted by Gasteiger charge is -2.15. The fourth-order valence-electron chi connectivity index (χ4n) is 3.13. The summed E-state index contributed by atoms with van der Waals surface area (Å²) in [6.45, 7) is 2.45. The molecule has 0 aromatic heterocycles. The third kappa shape index (κ3) is 6.04. The Bertz CT molecular complexity index is 922. The quantitative estimate of drug-likeness (QED) is 0.549. The van der Waals surface area contributed by atoms with E-state index in [1.54, 1.807) is 12.1 Å². The molecule has 4 heteroatoms. The third-order valence-corrected chi connectivity index (χ3v) is 4.80. The van der Waals surface area contributed by atoms with Crippen LogP contribution in [0.25, 0.3) is 11.1 Å². The van der Waals surface area contributed by atoms with Gasteiger partial charge in [-0.15, -0.1) is 0 Å². The zero-order valence-electron chi connectivity index (χ0n) is 16.6. The lowest BCUT2D eigenvalue weighted by atomic mass is 10.0. The highest BCUT2D eigenvalue weighted by Gasteiger charge is 2.10. The molecule has 3 aromatic rings. The summed E-state index contributed by atoms with van der Waals surface area (Å²) in [5, 5.41) is 5.87. The fourth-order valence-corrected chi connectivity index (χ4v) is 3.13. The molecule has 1 unspecified atom stereocenters. The largest absolute Gasteiger partial charge is 0.352 e. The molecule has 0 radical (unpaired) electrons. The minimum absolute atomic E-state index is 0.0152. The van der Waals surface area contributed by atoms with Crippen LogP contribution in [0.4, 0.5) is 0 Å². The van der Waals surface area contributed by atoms with E-state index in [4.69, 9.17) is 0 Å². The second-order valence-electron chi connectivity index (χ2n) is 7.00. The number of amides is 2. The maximum absolute atomic E-state index is 12.2. The Morgan fingerprint density at radius 3 is 2.03 bits per heavy atom. The van der Waals surface area contributed by atoms with Gasteiger partial charge in [-0.25, -0.2) is 0 Å². The molecule has 2 N–H and O–H groups in total. The van der Waals surface area contributed by atoms with Crippen LogP contribution in [0.5, 0.6) is 0 Å². The van der Waals surface area contributed by atoms with Crippen molar-refractivity contribution in [2.75, 3.05) is 6.54 Å². The van der Waals surface area contributed by atoms with Gasteiger partial charge in [-0.2, -0.15) is 0 Å². The van der Waals surface area contributed by atoms with Crippen molar-refractivity contribution in [1.29, 1.82) is 0 Å². The highest BCUT2D eigenvalue weighted by molar-refractivity contribution is 5.94. The minimum atomic E-state index is -0.113. The van der Waals surface area contributed by atoms with Crippen LogP contribution in [0.15, 0.2) is 84.9 Å². The van der Waals surface area contributed by atoms with Gasteiger partial charge in [-0.05, 0) is 42.2 Å². The summed E-state index contributed by atoms with van der Waals surface area (Å²) in [4.78, 5) is 24.2. The maximum Gasteiger partial charge on any atom is 0.251 e. The smallest absolute Gasteiger partial charge is 0.251 e. The number of hydrogen-bond acceptors (Lipinski definition) is 2. The second kappa shape index (κ2) is 10.2. The van der Waals surface area contributed by atoms with Gasteiger partial charge in [0.05, 0.1) is 6.04 Å². The summed E-state index contributed by atoms with van der Waals surface area (Å²) in [5.41, 5.74) is 4.02. The lowest BCUT2D eigenvalue weighted by molar-refractivity contribution is -0.121. The van der Waals surface area contributed by atoms with Crippen molar-refractivity contribution in [3.8, 4) is 11.1 Å². The van der Waals surface area contributed by atoms with Crippen LogP contribution in [0.2, 0.25) is 0 Å². The van der Waals surface area contributed by atoms with Crippen LogP contribution in [0.3, 0.4) is 0 Å². The van der Waals surface area contributed by atoms with Crippen LogP contribution in [-0.4, -0.2) is 18.4 Å². The van der Waals surface area contributed by atoms with Gasteiger partial charge in [0.25, 0.3) is 5.91 Å². The van der Waals surface area contributed by atoms with Gasteiger partial charge < -0.3 is 10.6 Å². The minimum Gasteiger partial charge on any atom is -0.352 e. The van der Waals surface area contributed by atoms with Crippen molar-refractivity contribution in [2.24, 2.45) is 0 Å². The molecule has 2 amide bonds. The molecule has 0 heterocycles. The molecule has 0 saturated heterocycles. The average molecular weight is 386 g/mol. The van der Waals surface area contributed by atoms with Crippen molar-refractivity contribution < 1.29 is 9.59 Å². The van der Waals surface area contributed by atoms with Gasteiger partial charge in [0, 0.05) is 18.5 Å².